The van der Waals surface area contributed by atoms with E-state index in [1.807, 2.05) is 0 Å². The van der Waals surface area contributed by atoms with Gasteiger partial charge in [0.25, 0.3) is 6.43 Å². The van der Waals surface area contributed by atoms with Gasteiger partial charge in [0.2, 0.25) is 5.91 Å². The SMILES string of the molecule is C#CCOc1cc(F)c(C2=[C-]CC(I)C(=O)N2CC(F)F)c(F)c1.[Y]. The van der Waals surface area contributed by atoms with Gasteiger partial charge in [-0.25, -0.2) is 23.6 Å². The summed E-state index contributed by atoms with van der Waals surface area (Å²) in [4.78, 5) is 12.8. The smallest absolute Gasteiger partial charge is 0.256 e. The number of hydrogen-bond donors (Lipinski definition) is 0. The predicted octanol–water partition coefficient (Wildman–Crippen LogP) is 3.42. The first kappa shape index (κ1) is 22.4. The first-order chi connectivity index (χ1) is 11.3. The average Bonchev–Trinajstić information content (AvgIpc) is 2.51. The number of rotatable bonds is 5. The summed E-state index contributed by atoms with van der Waals surface area (Å²) >= 11 is 1.77. The van der Waals surface area contributed by atoms with Crippen molar-refractivity contribution in [1.82, 2.24) is 4.90 Å². The van der Waals surface area contributed by atoms with E-state index in [1.165, 1.54) is 0 Å². The minimum Gasteiger partial charge on any atom is -0.481 e. The van der Waals surface area contributed by atoms with Gasteiger partial charge < -0.3 is 9.64 Å². The fourth-order valence-corrected chi connectivity index (χ4v) is 2.73. The molecule has 1 atom stereocenters. The average molecular weight is 541 g/mol. The Kier molecular flexibility index (Phi) is 8.85. The third-order valence-electron chi connectivity index (χ3n) is 3.15. The topological polar surface area (TPSA) is 29.5 Å². The number of amides is 1. The zero-order valence-electron chi connectivity index (χ0n) is 12.7. The van der Waals surface area contributed by atoms with Gasteiger partial charge in [0.15, 0.2) is 0 Å². The van der Waals surface area contributed by atoms with Crippen LogP contribution in [0.5, 0.6) is 5.75 Å². The number of ether oxygens (including phenoxy) is 1. The van der Waals surface area contributed by atoms with E-state index in [0.717, 1.165) is 12.1 Å². The van der Waals surface area contributed by atoms with Gasteiger partial charge in [0, 0.05) is 32.7 Å². The molecule has 9 heteroatoms. The third kappa shape index (κ3) is 5.41. The normalized spacial score (nSPS) is 17.0. The zero-order chi connectivity index (χ0) is 17.9. The molecule has 1 radical (unpaired) electrons. The van der Waals surface area contributed by atoms with E-state index in [9.17, 15) is 22.4 Å². The van der Waals surface area contributed by atoms with Crippen molar-refractivity contribution in [3.63, 3.8) is 0 Å². The summed E-state index contributed by atoms with van der Waals surface area (Å²) in [6, 6.07) is 1.76. The number of allylic oxidation sites excluding steroid dienone is 1. The minimum absolute atomic E-state index is 0. The van der Waals surface area contributed by atoms with E-state index >= 15 is 0 Å². The Balaban J connectivity index is 0.00000312. The third-order valence-corrected chi connectivity index (χ3v) is 4.12. The summed E-state index contributed by atoms with van der Waals surface area (Å²) in [5, 5.41) is 0. The molecular formula is C16H11F4INO2Y-. The van der Waals surface area contributed by atoms with E-state index in [4.69, 9.17) is 11.2 Å². The van der Waals surface area contributed by atoms with Gasteiger partial charge in [-0.3, -0.25) is 4.79 Å². The molecule has 25 heavy (non-hydrogen) atoms. The molecule has 0 saturated heterocycles. The van der Waals surface area contributed by atoms with Crippen LogP contribution in [0.4, 0.5) is 17.6 Å². The molecule has 0 spiro atoms. The Bertz CT molecular complexity index is 698. The molecule has 1 aromatic rings. The van der Waals surface area contributed by atoms with Crippen LogP contribution in [0.1, 0.15) is 12.0 Å². The molecule has 0 aliphatic carbocycles. The van der Waals surface area contributed by atoms with Gasteiger partial charge in [-0.05, 0) is 12.1 Å². The number of nitrogens with zero attached hydrogens (tertiary/aromatic N) is 1. The van der Waals surface area contributed by atoms with Crippen molar-refractivity contribution in [3.05, 3.63) is 35.4 Å². The molecule has 0 bridgehead atoms. The quantitative estimate of drug-likeness (QED) is 0.188. The summed E-state index contributed by atoms with van der Waals surface area (Å²) in [6.07, 6.45) is 4.86. The number of hydrogen-bond acceptors (Lipinski definition) is 2. The van der Waals surface area contributed by atoms with Crippen molar-refractivity contribution in [2.75, 3.05) is 13.2 Å². The number of halogens is 5. The Morgan fingerprint density at radius 1 is 1.40 bits per heavy atom. The van der Waals surface area contributed by atoms with E-state index in [0.29, 0.717) is 4.90 Å². The predicted molar refractivity (Wildman–Crippen MR) is 87.5 cm³/mol. The van der Waals surface area contributed by atoms with Gasteiger partial charge in [-0.2, -0.15) is 0 Å². The second-order valence-corrected chi connectivity index (χ2v) is 6.30. The maximum Gasteiger partial charge on any atom is 0.256 e. The van der Waals surface area contributed by atoms with E-state index in [1.54, 1.807) is 22.6 Å². The van der Waals surface area contributed by atoms with Crippen molar-refractivity contribution in [2.24, 2.45) is 0 Å². The van der Waals surface area contributed by atoms with Crippen LogP contribution in [0.15, 0.2) is 12.1 Å². The molecule has 1 aromatic carbocycles. The van der Waals surface area contributed by atoms with Gasteiger partial charge >= 0.3 is 0 Å². The molecule has 131 valence electrons. The fourth-order valence-electron chi connectivity index (χ4n) is 2.18. The van der Waals surface area contributed by atoms with Crippen LogP contribution in [0.2, 0.25) is 0 Å². The summed E-state index contributed by atoms with van der Waals surface area (Å²) in [6.45, 7) is -1.14. The first-order valence-corrected chi connectivity index (χ1v) is 7.99. The Hall–Kier alpha value is -0.656. The summed E-state index contributed by atoms with van der Waals surface area (Å²) < 4.78 is 58.4. The summed E-state index contributed by atoms with van der Waals surface area (Å²) in [5.74, 6) is -0.734. The molecular weight excluding hydrogens is 530 g/mol. The number of benzene rings is 1. The van der Waals surface area contributed by atoms with Crippen LogP contribution in [-0.2, 0) is 37.5 Å². The number of terminal acetylenes is 1. The maximum atomic E-state index is 14.3. The van der Waals surface area contributed by atoms with Crippen LogP contribution in [0.3, 0.4) is 0 Å². The molecule has 0 saturated carbocycles. The largest absolute Gasteiger partial charge is 0.481 e. The second kappa shape index (κ2) is 9.88. The van der Waals surface area contributed by atoms with Gasteiger partial charge in [0.05, 0.1) is 22.1 Å². The Labute approximate surface area is 181 Å². The van der Waals surface area contributed by atoms with Crippen LogP contribution < -0.4 is 4.74 Å². The van der Waals surface area contributed by atoms with Gasteiger partial charge in [-0.15, -0.1) is 12.1 Å². The number of carbonyl (C=O) groups is 1. The molecule has 1 unspecified atom stereocenters. The van der Waals surface area contributed by atoms with E-state index in [-0.39, 0.29) is 57.2 Å². The molecule has 0 N–H and O–H groups in total. The van der Waals surface area contributed by atoms with Crippen molar-refractivity contribution >= 4 is 34.2 Å². The van der Waals surface area contributed by atoms with Crippen LogP contribution >= 0.6 is 22.6 Å². The molecule has 1 heterocycles. The molecule has 2 rings (SSSR count). The zero-order valence-corrected chi connectivity index (χ0v) is 17.7. The second-order valence-electron chi connectivity index (χ2n) is 4.79. The molecule has 0 fully saturated rings. The molecule has 1 amide bonds. The van der Waals surface area contributed by atoms with Crippen LogP contribution in [0.25, 0.3) is 5.70 Å². The van der Waals surface area contributed by atoms with Gasteiger partial charge in [0.1, 0.15) is 12.4 Å². The Morgan fingerprint density at radius 2 is 2.00 bits per heavy atom. The van der Waals surface area contributed by atoms with Gasteiger partial charge in [-0.1, -0.05) is 40.5 Å². The maximum absolute atomic E-state index is 14.3. The minimum atomic E-state index is -2.85. The van der Waals surface area contributed by atoms with Crippen molar-refractivity contribution < 1.29 is 59.8 Å². The van der Waals surface area contributed by atoms with Crippen LogP contribution in [0, 0.1) is 30.1 Å². The van der Waals surface area contributed by atoms with Crippen molar-refractivity contribution in [2.45, 2.75) is 16.8 Å². The monoisotopic (exact) mass is 541 g/mol. The van der Waals surface area contributed by atoms with E-state index < -0.39 is 40.0 Å². The molecule has 3 nitrogen and oxygen atoms in total. The fraction of sp³-hybridized carbons (Fsp3) is 0.312. The molecule has 1 aliphatic heterocycles. The Morgan fingerprint density at radius 3 is 2.52 bits per heavy atom. The molecule has 0 aromatic heterocycles. The first-order valence-electron chi connectivity index (χ1n) is 6.75. The number of alkyl halides is 3. The molecule has 1 aliphatic rings. The van der Waals surface area contributed by atoms with Crippen molar-refractivity contribution in [3.8, 4) is 18.1 Å². The van der Waals surface area contributed by atoms with Crippen LogP contribution in [-0.4, -0.2) is 34.3 Å². The van der Waals surface area contributed by atoms with Crippen molar-refractivity contribution in [1.29, 1.82) is 0 Å². The van der Waals surface area contributed by atoms with E-state index in [2.05, 4.69) is 12.0 Å². The standard InChI is InChI=1S/C16H11F4INO2.Y/c1-2-5-24-9-6-10(17)15(11(18)7-9)13-4-3-12(21)16(23)22(13)8-14(19)20;/h1,6-7,12,14H,3,5,8H2;/q-1;. The summed E-state index contributed by atoms with van der Waals surface area (Å²) in [5.41, 5.74) is -0.924. The summed E-state index contributed by atoms with van der Waals surface area (Å²) in [7, 11) is 0. The number of carbonyl (C=O) groups excluding carboxylic acids is 1.